The van der Waals surface area contributed by atoms with Crippen molar-refractivity contribution in [2.24, 2.45) is 0 Å². The SMILES string of the molecule is CC(=O)OC1C(=O)N(CCN(C)C)c2ccc(Cl)cc2SC1c1ccc(C)cc1. The minimum Gasteiger partial charge on any atom is -0.451 e. The number of anilines is 1. The van der Waals surface area contributed by atoms with Crippen molar-refractivity contribution in [2.75, 3.05) is 32.1 Å². The molecule has 2 unspecified atom stereocenters. The maximum Gasteiger partial charge on any atom is 0.303 e. The molecule has 0 fully saturated rings. The van der Waals surface area contributed by atoms with Crippen LogP contribution in [0.5, 0.6) is 0 Å². The number of thioether (sulfide) groups is 1. The van der Waals surface area contributed by atoms with Crippen LogP contribution in [-0.4, -0.2) is 50.1 Å². The first-order valence-corrected chi connectivity index (χ1v) is 10.7. The number of amides is 1. The van der Waals surface area contributed by atoms with E-state index >= 15 is 0 Å². The Labute approximate surface area is 181 Å². The second kappa shape index (κ2) is 9.20. The van der Waals surface area contributed by atoms with E-state index in [0.717, 1.165) is 21.7 Å². The highest BCUT2D eigenvalue weighted by molar-refractivity contribution is 7.99. The van der Waals surface area contributed by atoms with Crippen molar-refractivity contribution in [1.82, 2.24) is 4.90 Å². The third kappa shape index (κ3) is 5.13. The molecular formula is C22H25ClN2O3S. The number of carbonyl (C=O) groups is 2. The van der Waals surface area contributed by atoms with Crippen LogP contribution in [-0.2, 0) is 14.3 Å². The van der Waals surface area contributed by atoms with E-state index in [1.807, 2.05) is 62.3 Å². The number of benzene rings is 2. The van der Waals surface area contributed by atoms with Crippen LogP contribution in [0.3, 0.4) is 0 Å². The molecule has 0 saturated carbocycles. The fourth-order valence-electron chi connectivity index (χ4n) is 3.23. The number of halogens is 1. The zero-order valence-electron chi connectivity index (χ0n) is 17.0. The van der Waals surface area contributed by atoms with Crippen molar-refractivity contribution in [1.29, 1.82) is 0 Å². The van der Waals surface area contributed by atoms with Crippen LogP contribution in [0.15, 0.2) is 47.4 Å². The number of carbonyl (C=O) groups excluding carboxylic acids is 2. The molecule has 29 heavy (non-hydrogen) atoms. The molecule has 0 bridgehead atoms. The van der Waals surface area contributed by atoms with Crippen molar-refractivity contribution in [3.05, 3.63) is 58.6 Å². The number of rotatable bonds is 5. The number of hydrogen-bond donors (Lipinski definition) is 0. The van der Waals surface area contributed by atoms with Crippen molar-refractivity contribution in [3.8, 4) is 0 Å². The van der Waals surface area contributed by atoms with Gasteiger partial charge >= 0.3 is 5.97 Å². The van der Waals surface area contributed by atoms with Crippen LogP contribution < -0.4 is 4.90 Å². The average molecular weight is 433 g/mol. The third-order valence-corrected chi connectivity index (χ3v) is 6.31. The molecule has 2 aromatic carbocycles. The monoisotopic (exact) mass is 432 g/mol. The molecular weight excluding hydrogens is 408 g/mol. The number of esters is 1. The van der Waals surface area contributed by atoms with Crippen LogP contribution in [0.1, 0.15) is 23.3 Å². The van der Waals surface area contributed by atoms with Gasteiger partial charge in [-0.1, -0.05) is 41.4 Å². The quantitative estimate of drug-likeness (QED) is 0.658. The topological polar surface area (TPSA) is 49.9 Å². The Morgan fingerprint density at radius 3 is 2.52 bits per heavy atom. The maximum absolute atomic E-state index is 13.6. The molecule has 2 aromatic rings. The Hall–Kier alpha value is -2.02. The van der Waals surface area contributed by atoms with Gasteiger partial charge in [0.25, 0.3) is 5.91 Å². The molecule has 0 saturated heterocycles. The van der Waals surface area contributed by atoms with Crippen molar-refractivity contribution >= 4 is 40.9 Å². The van der Waals surface area contributed by atoms with Crippen LogP contribution in [0, 0.1) is 6.92 Å². The van der Waals surface area contributed by atoms with E-state index in [-0.39, 0.29) is 11.2 Å². The van der Waals surface area contributed by atoms with Crippen LogP contribution in [0.4, 0.5) is 5.69 Å². The van der Waals surface area contributed by atoms with Gasteiger partial charge in [-0.2, -0.15) is 0 Å². The predicted octanol–water partition coefficient (Wildman–Crippen LogP) is 4.32. The van der Waals surface area contributed by atoms with E-state index in [9.17, 15) is 9.59 Å². The van der Waals surface area contributed by atoms with Gasteiger partial charge in [0.1, 0.15) is 0 Å². The number of likely N-dealkylation sites (N-methyl/N-ethyl adjacent to an activating group) is 1. The fraction of sp³-hybridized carbons (Fsp3) is 0.364. The lowest BCUT2D eigenvalue weighted by atomic mass is 10.0. The van der Waals surface area contributed by atoms with E-state index in [4.69, 9.17) is 16.3 Å². The Morgan fingerprint density at radius 2 is 1.90 bits per heavy atom. The Balaban J connectivity index is 2.10. The summed E-state index contributed by atoms with van der Waals surface area (Å²) in [5.74, 6) is -0.696. The largest absolute Gasteiger partial charge is 0.451 e. The predicted molar refractivity (Wildman–Crippen MR) is 118 cm³/mol. The maximum atomic E-state index is 13.6. The van der Waals surface area contributed by atoms with Gasteiger partial charge in [0.2, 0.25) is 0 Å². The number of nitrogens with zero attached hydrogens (tertiary/aromatic N) is 2. The first-order valence-electron chi connectivity index (χ1n) is 9.42. The molecule has 2 atom stereocenters. The highest BCUT2D eigenvalue weighted by atomic mass is 35.5. The molecule has 1 heterocycles. The lowest BCUT2D eigenvalue weighted by Crippen LogP contribution is -2.45. The van der Waals surface area contributed by atoms with E-state index in [0.29, 0.717) is 18.1 Å². The smallest absolute Gasteiger partial charge is 0.303 e. The normalized spacial score (nSPS) is 19.1. The van der Waals surface area contributed by atoms with Gasteiger partial charge in [0, 0.05) is 29.9 Å². The molecule has 0 radical (unpaired) electrons. The van der Waals surface area contributed by atoms with Gasteiger partial charge in [-0.15, -0.1) is 11.8 Å². The third-order valence-electron chi connectivity index (χ3n) is 4.72. The van der Waals surface area contributed by atoms with Crippen molar-refractivity contribution < 1.29 is 14.3 Å². The van der Waals surface area contributed by atoms with Gasteiger partial charge in [-0.3, -0.25) is 9.59 Å². The standard InChI is InChI=1S/C22H25ClN2O3S/c1-14-5-7-16(8-6-14)21-20(28-15(2)26)22(27)25(12-11-24(3)4)18-10-9-17(23)13-19(18)29-21/h5-10,13,20-21H,11-12H2,1-4H3. The summed E-state index contributed by atoms with van der Waals surface area (Å²) in [4.78, 5) is 30.1. The summed E-state index contributed by atoms with van der Waals surface area (Å²) in [5.41, 5.74) is 2.84. The van der Waals surface area contributed by atoms with E-state index in [1.54, 1.807) is 11.0 Å². The summed E-state index contributed by atoms with van der Waals surface area (Å²) < 4.78 is 5.58. The first-order chi connectivity index (χ1) is 13.8. The van der Waals surface area contributed by atoms with Gasteiger partial charge in [-0.05, 0) is 44.8 Å². The minimum atomic E-state index is -0.923. The van der Waals surface area contributed by atoms with Gasteiger partial charge < -0.3 is 14.5 Å². The van der Waals surface area contributed by atoms with E-state index in [1.165, 1.54) is 18.7 Å². The summed E-state index contributed by atoms with van der Waals surface area (Å²) in [6.07, 6.45) is -0.923. The summed E-state index contributed by atoms with van der Waals surface area (Å²) in [5, 5.41) is 0.235. The lowest BCUT2D eigenvalue weighted by molar-refractivity contribution is -0.152. The molecule has 3 rings (SSSR count). The summed E-state index contributed by atoms with van der Waals surface area (Å²) in [6.45, 7) is 4.51. The zero-order chi connectivity index (χ0) is 21.1. The number of aryl methyl sites for hydroxylation is 1. The van der Waals surface area contributed by atoms with Gasteiger partial charge in [-0.25, -0.2) is 0 Å². The minimum absolute atomic E-state index is 0.221. The lowest BCUT2D eigenvalue weighted by Gasteiger charge is -2.28. The molecule has 0 aromatic heterocycles. The van der Waals surface area contributed by atoms with Gasteiger partial charge in [0.15, 0.2) is 6.10 Å². The van der Waals surface area contributed by atoms with Crippen molar-refractivity contribution in [3.63, 3.8) is 0 Å². The number of ether oxygens (including phenoxy) is 1. The molecule has 5 nitrogen and oxygen atoms in total. The van der Waals surface area contributed by atoms with E-state index < -0.39 is 12.1 Å². The van der Waals surface area contributed by atoms with E-state index in [2.05, 4.69) is 0 Å². The summed E-state index contributed by atoms with van der Waals surface area (Å²) in [7, 11) is 3.91. The van der Waals surface area contributed by atoms with Gasteiger partial charge in [0.05, 0.1) is 10.9 Å². The second-order valence-corrected chi connectivity index (χ2v) is 9.00. The highest BCUT2D eigenvalue weighted by Crippen LogP contribution is 2.47. The van der Waals surface area contributed by atoms with Crippen LogP contribution in [0.2, 0.25) is 5.02 Å². The van der Waals surface area contributed by atoms with Crippen molar-refractivity contribution in [2.45, 2.75) is 30.1 Å². The van der Waals surface area contributed by atoms with Crippen LogP contribution >= 0.6 is 23.4 Å². The molecule has 1 aliphatic heterocycles. The van der Waals surface area contributed by atoms with Crippen LogP contribution in [0.25, 0.3) is 0 Å². The molecule has 1 amide bonds. The molecule has 0 N–H and O–H groups in total. The summed E-state index contributed by atoms with van der Waals surface area (Å²) in [6, 6.07) is 13.5. The Kier molecular flexibility index (Phi) is 6.88. The fourth-order valence-corrected chi connectivity index (χ4v) is 4.82. The number of fused-ring (bicyclic) bond motifs is 1. The summed E-state index contributed by atoms with van der Waals surface area (Å²) >= 11 is 7.77. The Bertz CT molecular complexity index is 901. The first kappa shape index (κ1) is 21.7. The zero-order valence-corrected chi connectivity index (χ0v) is 18.6. The second-order valence-electron chi connectivity index (χ2n) is 7.38. The molecule has 7 heteroatoms. The molecule has 0 aliphatic carbocycles. The average Bonchev–Trinajstić information content (AvgIpc) is 2.76. The molecule has 154 valence electrons. The Morgan fingerprint density at radius 1 is 1.21 bits per heavy atom. The molecule has 0 spiro atoms. The highest BCUT2D eigenvalue weighted by Gasteiger charge is 2.40. The molecule has 1 aliphatic rings. The number of hydrogen-bond acceptors (Lipinski definition) is 5.